The molecule has 2 aromatic rings. The molecule has 1 saturated heterocycles. The normalized spacial score (nSPS) is 16.6. The summed E-state index contributed by atoms with van der Waals surface area (Å²) in [4.78, 5) is 9.16. The molecule has 0 atom stereocenters. The molecule has 2 aliphatic rings. The molecule has 0 radical (unpaired) electrons. The van der Waals surface area contributed by atoms with Gasteiger partial charge in [0, 0.05) is 60.1 Å². The number of aromatic nitrogens is 1. The molecular weight excluding hydrogens is 448 g/mol. The highest BCUT2D eigenvalue weighted by molar-refractivity contribution is 8.01. The Hall–Kier alpha value is -2.11. The predicted molar refractivity (Wildman–Crippen MR) is 144 cm³/mol. The molecule has 0 spiro atoms. The van der Waals surface area contributed by atoms with E-state index in [1.165, 1.54) is 18.5 Å². The van der Waals surface area contributed by atoms with Crippen LogP contribution < -0.4 is 4.72 Å². The number of allylic oxidation sites excluding steroid dienone is 1. The largest absolute Gasteiger partial charge is 0.372 e. The van der Waals surface area contributed by atoms with Gasteiger partial charge in [0.15, 0.2) is 0 Å². The van der Waals surface area contributed by atoms with E-state index in [-0.39, 0.29) is 5.41 Å². The topological polar surface area (TPSA) is 31.4 Å². The molecule has 1 aromatic carbocycles. The van der Waals surface area contributed by atoms with Crippen LogP contribution in [-0.2, 0) is 0 Å². The minimum atomic E-state index is 0.258. The van der Waals surface area contributed by atoms with E-state index < -0.39 is 0 Å². The van der Waals surface area contributed by atoms with Crippen molar-refractivity contribution in [1.82, 2.24) is 14.8 Å². The van der Waals surface area contributed by atoms with E-state index in [0.717, 1.165) is 70.9 Å². The second-order valence-electron chi connectivity index (χ2n) is 10.3. The molecule has 1 aromatic heterocycles. The molecule has 176 valence electrons. The molecule has 0 amide bonds. The molecular formula is C27H35ClN4S. The molecule has 4 rings (SSSR count). The highest BCUT2D eigenvalue weighted by Crippen LogP contribution is 2.36. The van der Waals surface area contributed by atoms with E-state index in [9.17, 15) is 0 Å². The molecule has 1 N–H and O–H groups in total. The van der Waals surface area contributed by atoms with E-state index in [1.807, 2.05) is 18.5 Å². The summed E-state index contributed by atoms with van der Waals surface area (Å²) in [7, 11) is 0. The monoisotopic (exact) mass is 482 g/mol. The first-order valence-corrected chi connectivity index (χ1v) is 13.0. The Morgan fingerprint density at radius 2 is 1.76 bits per heavy atom. The van der Waals surface area contributed by atoms with Gasteiger partial charge in [-0.3, -0.25) is 4.98 Å². The van der Waals surface area contributed by atoms with Crippen LogP contribution in [0.2, 0.25) is 5.02 Å². The summed E-state index contributed by atoms with van der Waals surface area (Å²) in [6.45, 7) is 19.3. The number of nitrogens with zero attached hydrogens (tertiary/aromatic N) is 3. The van der Waals surface area contributed by atoms with Crippen LogP contribution in [0.15, 0.2) is 55.5 Å². The molecule has 1 aliphatic carbocycles. The Morgan fingerprint density at radius 3 is 2.39 bits per heavy atom. The molecule has 4 nitrogen and oxygen atoms in total. The van der Waals surface area contributed by atoms with Gasteiger partial charge in [0.25, 0.3) is 0 Å². The van der Waals surface area contributed by atoms with Crippen LogP contribution >= 0.6 is 23.5 Å². The maximum absolute atomic E-state index is 6.74. The minimum absolute atomic E-state index is 0.258. The molecule has 6 heteroatoms. The minimum Gasteiger partial charge on any atom is -0.372 e. The highest BCUT2D eigenvalue weighted by Gasteiger charge is 2.23. The molecule has 2 fully saturated rings. The molecule has 2 heterocycles. The third-order valence-corrected chi connectivity index (χ3v) is 7.53. The van der Waals surface area contributed by atoms with Crippen LogP contribution in [0.1, 0.15) is 45.6 Å². The molecule has 1 saturated carbocycles. The Bertz CT molecular complexity index is 1020. The zero-order valence-electron chi connectivity index (χ0n) is 20.0. The number of rotatable bonds is 8. The van der Waals surface area contributed by atoms with Gasteiger partial charge in [-0.2, -0.15) is 0 Å². The standard InChI is InChI=1S/C27H35ClN4S/c1-19(16-27(3,4)5)31-10-12-32(13-11-31)20(2)25-9-6-21(15-26(25)28)22-14-23(18-29-17-22)30-33-24-7-8-24/h6,9,14-15,17-18,24,30H,1-2,7-8,10-13,16H2,3-5H3. The van der Waals surface area contributed by atoms with Crippen molar-refractivity contribution in [3.05, 3.63) is 66.1 Å². The van der Waals surface area contributed by atoms with Gasteiger partial charge < -0.3 is 14.5 Å². The van der Waals surface area contributed by atoms with Crippen molar-refractivity contribution in [2.45, 2.75) is 45.3 Å². The van der Waals surface area contributed by atoms with Crippen LogP contribution in [0, 0.1) is 5.41 Å². The molecule has 33 heavy (non-hydrogen) atoms. The van der Waals surface area contributed by atoms with Crippen molar-refractivity contribution < 1.29 is 0 Å². The van der Waals surface area contributed by atoms with Gasteiger partial charge in [-0.15, -0.1) is 0 Å². The van der Waals surface area contributed by atoms with E-state index >= 15 is 0 Å². The van der Waals surface area contributed by atoms with Gasteiger partial charge in [-0.05, 0) is 54.3 Å². The fraction of sp³-hybridized carbons (Fsp3) is 0.444. The highest BCUT2D eigenvalue weighted by atomic mass is 35.5. The lowest BCUT2D eigenvalue weighted by Gasteiger charge is -2.40. The van der Waals surface area contributed by atoms with Gasteiger partial charge in [0.2, 0.25) is 0 Å². The third-order valence-electron chi connectivity index (χ3n) is 6.06. The zero-order valence-corrected chi connectivity index (χ0v) is 21.6. The Labute approximate surface area is 208 Å². The summed E-state index contributed by atoms with van der Waals surface area (Å²) in [5.74, 6) is 0. The first-order valence-electron chi connectivity index (χ1n) is 11.7. The maximum atomic E-state index is 6.74. The first kappa shape index (κ1) is 24.0. The summed E-state index contributed by atoms with van der Waals surface area (Å²) in [5, 5.41) is 1.47. The lowest BCUT2D eigenvalue weighted by molar-refractivity contribution is 0.197. The van der Waals surface area contributed by atoms with Crippen LogP contribution in [0.3, 0.4) is 0 Å². The van der Waals surface area contributed by atoms with E-state index in [4.69, 9.17) is 11.6 Å². The second-order valence-corrected chi connectivity index (χ2v) is 11.8. The van der Waals surface area contributed by atoms with Crippen LogP contribution in [0.25, 0.3) is 16.8 Å². The third kappa shape index (κ3) is 6.48. The lowest BCUT2D eigenvalue weighted by Crippen LogP contribution is -2.45. The first-order chi connectivity index (χ1) is 15.7. The van der Waals surface area contributed by atoms with Gasteiger partial charge in [-0.25, -0.2) is 0 Å². The number of hydrogen-bond donors (Lipinski definition) is 1. The Kier molecular flexibility index (Phi) is 7.30. The van der Waals surface area contributed by atoms with E-state index in [2.05, 4.69) is 71.6 Å². The fourth-order valence-electron chi connectivity index (χ4n) is 4.11. The number of halogens is 1. The number of piperazine rings is 1. The zero-order chi connectivity index (χ0) is 23.6. The number of nitrogens with one attached hydrogen (secondary N) is 1. The molecule has 0 bridgehead atoms. The lowest BCUT2D eigenvalue weighted by atomic mass is 9.90. The maximum Gasteiger partial charge on any atom is 0.0632 e. The smallest absolute Gasteiger partial charge is 0.0632 e. The van der Waals surface area contributed by atoms with Gasteiger partial charge in [0.1, 0.15) is 0 Å². The van der Waals surface area contributed by atoms with Crippen molar-refractivity contribution in [2.24, 2.45) is 5.41 Å². The van der Waals surface area contributed by atoms with Gasteiger partial charge in [-0.1, -0.05) is 57.7 Å². The molecule has 0 unspecified atom stereocenters. The van der Waals surface area contributed by atoms with Gasteiger partial charge >= 0.3 is 0 Å². The fourth-order valence-corrected chi connectivity index (χ4v) is 5.18. The van der Waals surface area contributed by atoms with Crippen molar-refractivity contribution in [3.63, 3.8) is 0 Å². The Morgan fingerprint density at radius 1 is 1.06 bits per heavy atom. The van der Waals surface area contributed by atoms with Crippen LogP contribution in [0.5, 0.6) is 0 Å². The van der Waals surface area contributed by atoms with Crippen molar-refractivity contribution in [1.29, 1.82) is 0 Å². The summed E-state index contributed by atoms with van der Waals surface area (Å²) in [6.07, 6.45) is 7.37. The van der Waals surface area contributed by atoms with Crippen LogP contribution in [0.4, 0.5) is 5.69 Å². The SMILES string of the molecule is C=C(CC(C)(C)C)N1CCN(C(=C)c2ccc(-c3cncc(NSC4CC4)c3)cc2Cl)CC1. The van der Waals surface area contributed by atoms with Crippen molar-refractivity contribution in [3.8, 4) is 11.1 Å². The summed E-state index contributed by atoms with van der Waals surface area (Å²) in [5.41, 5.74) is 6.62. The number of pyridine rings is 1. The Balaban J connectivity index is 1.38. The van der Waals surface area contributed by atoms with Crippen LogP contribution in [-0.4, -0.2) is 46.2 Å². The van der Waals surface area contributed by atoms with Gasteiger partial charge in [0.05, 0.1) is 16.9 Å². The predicted octanol–water partition coefficient (Wildman–Crippen LogP) is 7.16. The van der Waals surface area contributed by atoms with Crippen molar-refractivity contribution in [2.75, 3.05) is 30.9 Å². The average Bonchev–Trinajstić information content (AvgIpc) is 3.61. The summed E-state index contributed by atoms with van der Waals surface area (Å²) >= 11 is 8.53. The summed E-state index contributed by atoms with van der Waals surface area (Å²) < 4.78 is 3.42. The molecule has 1 aliphatic heterocycles. The number of anilines is 1. The second kappa shape index (κ2) is 10.0. The van der Waals surface area contributed by atoms with Crippen molar-refractivity contribution >= 4 is 34.9 Å². The average molecular weight is 483 g/mol. The summed E-state index contributed by atoms with van der Waals surface area (Å²) in [6, 6.07) is 8.36. The quantitative estimate of drug-likeness (QED) is 0.403. The van der Waals surface area contributed by atoms with E-state index in [0.29, 0.717) is 0 Å². The number of hydrogen-bond acceptors (Lipinski definition) is 5. The number of benzene rings is 1. The van der Waals surface area contributed by atoms with E-state index in [1.54, 1.807) is 11.9 Å².